The summed E-state index contributed by atoms with van der Waals surface area (Å²) in [7, 11) is 0. The predicted molar refractivity (Wildman–Crippen MR) is 68.3 cm³/mol. The summed E-state index contributed by atoms with van der Waals surface area (Å²) in [5.74, 6) is -4.09. The van der Waals surface area contributed by atoms with Crippen LogP contribution in [0.5, 0.6) is 5.75 Å². The Kier molecular flexibility index (Phi) is 5.65. The highest BCUT2D eigenvalue weighted by molar-refractivity contribution is 5.88. The molecule has 0 radical (unpaired) electrons. The van der Waals surface area contributed by atoms with E-state index in [0.717, 1.165) is 6.07 Å². The number of carbonyl (C=O) groups is 3. The quantitative estimate of drug-likeness (QED) is 0.681. The molecular formula is C13H14FNO6. The minimum Gasteiger partial charge on any atom is -0.481 e. The maximum atomic E-state index is 13.0. The number of rotatable bonds is 7. The van der Waals surface area contributed by atoms with Gasteiger partial charge in [0.1, 0.15) is 17.6 Å². The molecule has 1 aromatic rings. The first-order chi connectivity index (χ1) is 9.79. The minimum atomic E-state index is -1.56. The van der Waals surface area contributed by atoms with Gasteiger partial charge in [0.2, 0.25) is 0 Å². The maximum absolute atomic E-state index is 13.0. The molecular weight excluding hydrogens is 285 g/mol. The van der Waals surface area contributed by atoms with Crippen molar-refractivity contribution in [2.24, 2.45) is 0 Å². The van der Waals surface area contributed by atoms with E-state index in [1.54, 1.807) is 0 Å². The Bertz CT molecular complexity index is 547. The molecule has 0 aliphatic carbocycles. The van der Waals surface area contributed by atoms with Gasteiger partial charge in [0.25, 0.3) is 5.91 Å². The molecule has 0 saturated carbocycles. The molecule has 0 spiro atoms. The highest BCUT2D eigenvalue weighted by Gasteiger charge is 2.26. The fourth-order valence-electron chi connectivity index (χ4n) is 1.46. The molecule has 7 nitrogen and oxygen atoms in total. The summed E-state index contributed by atoms with van der Waals surface area (Å²) in [4.78, 5) is 33.1. The van der Waals surface area contributed by atoms with E-state index in [-0.39, 0.29) is 5.75 Å². The highest BCUT2D eigenvalue weighted by Crippen LogP contribution is 2.13. The first-order valence-electron chi connectivity index (χ1n) is 5.96. The van der Waals surface area contributed by atoms with Crippen molar-refractivity contribution in [3.8, 4) is 5.75 Å². The number of ether oxygens (including phenoxy) is 1. The van der Waals surface area contributed by atoms with Crippen LogP contribution in [0, 0.1) is 5.82 Å². The lowest BCUT2D eigenvalue weighted by atomic mass is 10.2. The SMILES string of the molecule is CC(Oc1cccc(F)c1)C(=O)N[C@H](CC(=O)O)C(=O)O. The minimum absolute atomic E-state index is 0.0998. The van der Waals surface area contributed by atoms with Crippen LogP contribution in [0.4, 0.5) is 4.39 Å². The summed E-state index contributed by atoms with van der Waals surface area (Å²) in [6.07, 6.45) is -1.87. The van der Waals surface area contributed by atoms with Crippen LogP contribution < -0.4 is 10.1 Å². The van der Waals surface area contributed by atoms with Gasteiger partial charge in [-0.1, -0.05) is 6.07 Å². The second-order valence-electron chi connectivity index (χ2n) is 4.21. The number of nitrogens with one attached hydrogen (secondary N) is 1. The number of carbonyl (C=O) groups excluding carboxylic acids is 1. The van der Waals surface area contributed by atoms with Gasteiger partial charge >= 0.3 is 11.9 Å². The third kappa shape index (κ3) is 5.47. The van der Waals surface area contributed by atoms with E-state index in [2.05, 4.69) is 0 Å². The highest BCUT2D eigenvalue weighted by atomic mass is 19.1. The summed E-state index contributed by atoms with van der Waals surface area (Å²) < 4.78 is 18.1. The molecule has 0 aliphatic rings. The van der Waals surface area contributed by atoms with E-state index in [1.807, 2.05) is 5.32 Å². The van der Waals surface area contributed by atoms with Crippen molar-refractivity contribution in [2.75, 3.05) is 0 Å². The molecule has 0 bridgehead atoms. The van der Waals surface area contributed by atoms with E-state index in [9.17, 15) is 18.8 Å². The van der Waals surface area contributed by atoms with Crippen LogP contribution in [0.2, 0.25) is 0 Å². The summed E-state index contributed by atoms with van der Waals surface area (Å²) in [5, 5.41) is 19.4. The lowest BCUT2D eigenvalue weighted by molar-refractivity contribution is -0.147. The zero-order valence-electron chi connectivity index (χ0n) is 11.1. The van der Waals surface area contributed by atoms with Gasteiger partial charge in [-0.25, -0.2) is 9.18 Å². The Morgan fingerprint density at radius 3 is 2.52 bits per heavy atom. The lowest BCUT2D eigenvalue weighted by Gasteiger charge is -2.17. The van der Waals surface area contributed by atoms with Crippen LogP contribution in [-0.4, -0.2) is 40.2 Å². The van der Waals surface area contributed by atoms with Crippen molar-refractivity contribution in [3.63, 3.8) is 0 Å². The van der Waals surface area contributed by atoms with Crippen LogP contribution in [0.25, 0.3) is 0 Å². The zero-order chi connectivity index (χ0) is 16.0. The third-order valence-corrected chi connectivity index (χ3v) is 2.47. The number of amides is 1. The second kappa shape index (κ2) is 7.22. The fraction of sp³-hybridized carbons (Fsp3) is 0.308. The van der Waals surface area contributed by atoms with Gasteiger partial charge in [0, 0.05) is 6.07 Å². The number of benzene rings is 1. The average molecular weight is 299 g/mol. The Morgan fingerprint density at radius 2 is 2.00 bits per heavy atom. The van der Waals surface area contributed by atoms with E-state index >= 15 is 0 Å². The standard InChI is InChI=1S/C13H14FNO6/c1-7(21-9-4-2-3-8(14)5-9)12(18)15-10(13(19)20)6-11(16)17/h2-5,7,10H,6H2,1H3,(H,15,18)(H,16,17)(H,19,20)/t7?,10-/m1/s1. The first kappa shape index (κ1) is 16.4. The Hall–Kier alpha value is -2.64. The third-order valence-electron chi connectivity index (χ3n) is 2.47. The monoisotopic (exact) mass is 299 g/mol. The topological polar surface area (TPSA) is 113 Å². The molecule has 1 aromatic carbocycles. The Morgan fingerprint density at radius 1 is 1.33 bits per heavy atom. The van der Waals surface area contributed by atoms with E-state index in [4.69, 9.17) is 14.9 Å². The van der Waals surface area contributed by atoms with Crippen molar-refractivity contribution in [1.82, 2.24) is 5.32 Å². The molecule has 1 amide bonds. The lowest BCUT2D eigenvalue weighted by Crippen LogP contribution is -2.47. The molecule has 21 heavy (non-hydrogen) atoms. The van der Waals surface area contributed by atoms with Crippen molar-refractivity contribution in [3.05, 3.63) is 30.1 Å². The number of hydrogen-bond acceptors (Lipinski definition) is 4. The molecule has 0 heterocycles. The summed E-state index contributed by atoms with van der Waals surface area (Å²) in [6.45, 7) is 1.33. The van der Waals surface area contributed by atoms with Gasteiger partial charge < -0.3 is 20.3 Å². The molecule has 3 N–H and O–H groups in total. The van der Waals surface area contributed by atoms with Gasteiger partial charge in [-0.2, -0.15) is 0 Å². The number of carboxylic acid groups (broad SMARTS) is 2. The van der Waals surface area contributed by atoms with E-state index in [1.165, 1.54) is 25.1 Å². The molecule has 0 saturated heterocycles. The van der Waals surface area contributed by atoms with E-state index in [0.29, 0.717) is 0 Å². The largest absolute Gasteiger partial charge is 0.481 e. The van der Waals surface area contributed by atoms with Gasteiger partial charge in [0.15, 0.2) is 6.10 Å². The van der Waals surface area contributed by atoms with Gasteiger partial charge in [-0.15, -0.1) is 0 Å². The van der Waals surface area contributed by atoms with Gasteiger partial charge in [-0.05, 0) is 19.1 Å². The number of halogens is 1. The van der Waals surface area contributed by atoms with Crippen LogP contribution >= 0.6 is 0 Å². The molecule has 8 heteroatoms. The van der Waals surface area contributed by atoms with Crippen molar-refractivity contribution < 1.29 is 33.7 Å². The molecule has 0 aromatic heterocycles. The zero-order valence-corrected chi connectivity index (χ0v) is 11.1. The first-order valence-corrected chi connectivity index (χ1v) is 5.96. The van der Waals surface area contributed by atoms with Crippen LogP contribution in [0.1, 0.15) is 13.3 Å². The Balaban J connectivity index is 2.64. The summed E-state index contributed by atoms with van der Waals surface area (Å²) in [6, 6.07) is 3.52. The average Bonchev–Trinajstić information content (AvgIpc) is 2.37. The van der Waals surface area contributed by atoms with Crippen LogP contribution in [0.15, 0.2) is 24.3 Å². The molecule has 114 valence electrons. The van der Waals surface area contributed by atoms with Gasteiger partial charge in [-0.3, -0.25) is 9.59 Å². The predicted octanol–water partition coefficient (Wildman–Crippen LogP) is 0.637. The second-order valence-corrected chi connectivity index (χ2v) is 4.21. The normalized spacial score (nSPS) is 13.0. The summed E-state index contributed by atoms with van der Waals surface area (Å²) in [5.41, 5.74) is 0. The Labute approximate surface area is 119 Å². The number of carboxylic acids is 2. The molecule has 2 atom stereocenters. The van der Waals surface area contributed by atoms with Crippen LogP contribution in [-0.2, 0) is 14.4 Å². The van der Waals surface area contributed by atoms with Crippen molar-refractivity contribution in [2.45, 2.75) is 25.5 Å². The number of aliphatic carboxylic acids is 2. The summed E-state index contributed by atoms with van der Waals surface area (Å²) >= 11 is 0. The van der Waals surface area contributed by atoms with Crippen LogP contribution in [0.3, 0.4) is 0 Å². The number of hydrogen-bond donors (Lipinski definition) is 3. The fourth-order valence-corrected chi connectivity index (χ4v) is 1.46. The molecule has 0 fully saturated rings. The molecule has 1 unspecified atom stereocenters. The smallest absolute Gasteiger partial charge is 0.326 e. The van der Waals surface area contributed by atoms with Gasteiger partial charge in [0.05, 0.1) is 6.42 Å². The van der Waals surface area contributed by atoms with Crippen molar-refractivity contribution >= 4 is 17.8 Å². The molecule has 1 rings (SSSR count). The molecule has 0 aliphatic heterocycles. The van der Waals surface area contributed by atoms with E-state index < -0.39 is 42.2 Å². The van der Waals surface area contributed by atoms with Crippen molar-refractivity contribution in [1.29, 1.82) is 0 Å². The maximum Gasteiger partial charge on any atom is 0.326 e.